The van der Waals surface area contributed by atoms with Gasteiger partial charge in [0, 0.05) is 25.8 Å². The van der Waals surface area contributed by atoms with Gasteiger partial charge in [0.05, 0.1) is 13.2 Å². The van der Waals surface area contributed by atoms with Gasteiger partial charge < -0.3 is 20.3 Å². The van der Waals surface area contributed by atoms with Crippen LogP contribution in [-0.4, -0.2) is 44.8 Å². The Hall–Kier alpha value is -2.34. The summed E-state index contributed by atoms with van der Waals surface area (Å²) in [6.45, 7) is -0.103. The molecule has 2 aromatic carbocycles. The van der Waals surface area contributed by atoms with Gasteiger partial charge in [0.1, 0.15) is 6.61 Å². The molecule has 3 rings (SSSR count). The first kappa shape index (κ1) is 26.9. The van der Waals surface area contributed by atoms with Crippen molar-refractivity contribution in [2.24, 2.45) is 4.99 Å². The topological polar surface area (TPSA) is 66.0 Å². The zero-order valence-electron chi connectivity index (χ0n) is 18.3. The van der Waals surface area contributed by atoms with Crippen molar-refractivity contribution in [3.05, 3.63) is 65.2 Å². The molecule has 1 aliphatic rings. The van der Waals surface area contributed by atoms with Crippen LogP contribution >= 0.6 is 24.0 Å². The zero-order valence-corrected chi connectivity index (χ0v) is 20.7. The maximum Gasteiger partial charge on any atom is 0.411 e. The van der Waals surface area contributed by atoms with Gasteiger partial charge >= 0.3 is 6.18 Å². The van der Waals surface area contributed by atoms with Gasteiger partial charge in [-0.1, -0.05) is 42.5 Å². The molecular weight excluding hydrogens is 548 g/mol. The molecule has 0 saturated heterocycles. The maximum atomic E-state index is 12.7. The van der Waals surface area contributed by atoms with Crippen LogP contribution in [0, 0.1) is 0 Å². The number of hydrogen-bond donors (Lipinski definition) is 2. The molecule has 6 nitrogen and oxygen atoms in total. The van der Waals surface area contributed by atoms with Crippen LogP contribution in [0.25, 0.3) is 0 Å². The Labute approximate surface area is 208 Å². The van der Waals surface area contributed by atoms with Gasteiger partial charge in [-0.2, -0.15) is 13.2 Å². The van der Waals surface area contributed by atoms with Crippen molar-refractivity contribution < 1.29 is 22.7 Å². The van der Waals surface area contributed by atoms with Crippen LogP contribution in [-0.2, 0) is 29.1 Å². The lowest BCUT2D eigenvalue weighted by atomic mass is 10.0. The summed E-state index contributed by atoms with van der Waals surface area (Å²) in [5.41, 5.74) is 3.73. The zero-order chi connectivity index (χ0) is 23.0. The quantitative estimate of drug-likeness (QED) is 0.297. The van der Waals surface area contributed by atoms with E-state index in [-0.39, 0.29) is 43.0 Å². The molecule has 10 heteroatoms. The number of ether oxygens (including phenoxy) is 1. The van der Waals surface area contributed by atoms with Crippen molar-refractivity contribution >= 4 is 41.5 Å². The Bertz CT molecular complexity index is 936. The molecule has 0 saturated carbocycles. The number of benzene rings is 2. The van der Waals surface area contributed by atoms with Crippen LogP contribution in [0.5, 0.6) is 0 Å². The van der Waals surface area contributed by atoms with Gasteiger partial charge in [0.25, 0.3) is 0 Å². The Morgan fingerprint density at radius 3 is 2.48 bits per heavy atom. The highest BCUT2D eigenvalue weighted by Gasteiger charge is 2.27. The van der Waals surface area contributed by atoms with E-state index in [9.17, 15) is 18.0 Å². The van der Waals surface area contributed by atoms with Crippen molar-refractivity contribution in [1.29, 1.82) is 0 Å². The average molecular weight is 576 g/mol. The molecule has 2 N–H and O–H groups in total. The van der Waals surface area contributed by atoms with Gasteiger partial charge in [-0.05, 0) is 35.6 Å². The highest BCUT2D eigenvalue weighted by Crippen LogP contribution is 2.26. The summed E-state index contributed by atoms with van der Waals surface area (Å²) in [6.07, 6.45) is -2.41. The number of nitrogens with one attached hydrogen (secondary N) is 2. The molecule has 1 amide bonds. The molecule has 0 atom stereocenters. The van der Waals surface area contributed by atoms with Gasteiger partial charge in [0.15, 0.2) is 5.96 Å². The maximum absolute atomic E-state index is 12.7. The molecule has 2 aromatic rings. The number of carbonyl (C=O) groups excluding carboxylic acids is 1. The van der Waals surface area contributed by atoms with Crippen molar-refractivity contribution in [2.75, 3.05) is 31.6 Å². The van der Waals surface area contributed by atoms with Crippen LogP contribution < -0.4 is 15.5 Å². The van der Waals surface area contributed by atoms with E-state index in [0.29, 0.717) is 24.6 Å². The highest BCUT2D eigenvalue weighted by atomic mass is 127. The number of carbonyl (C=O) groups is 1. The summed E-state index contributed by atoms with van der Waals surface area (Å²) in [4.78, 5) is 18.7. The number of rotatable bonds is 7. The molecule has 0 fully saturated rings. The van der Waals surface area contributed by atoms with Crippen LogP contribution in [0.2, 0.25) is 0 Å². The molecule has 1 aliphatic heterocycles. The predicted octanol–water partition coefficient (Wildman–Crippen LogP) is 4.03. The summed E-state index contributed by atoms with van der Waals surface area (Å²) in [6, 6.07) is 15.0. The van der Waals surface area contributed by atoms with E-state index in [2.05, 4.69) is 26.4 Å². The fourth-order valence-electron chi connectivity index (χ4n) is 3.49. The Morgan fingerprint density at radius 1 is 1.09 bits per heavy atom. The lowest BCUT2D eigenvalue weighted by Crippen LogP contribution is -2.45. The van der Waals surface area contributed by atoms with E-state index in [1.54, 1.807) is 24.1 Å². The first-order chi connectivity index (χ1) is 15.4. The number of aliphatic imine (C=N–C) groups is 1. The third-order valence-electron chi connectivity index (χ3n) is 5.06. The fourth-order valence-corrected chi connectivity index (χ4v) is 3.49. The third kappa shape index (κ3) is 8.50. The number of amides is 1. The van der Waals surface area contributed by atoms with E-state index in [1.807, 2.05) is 30.3 Å². The fraction of sp³-hybridized carbons (Fsp3) is 0.391. The summed E-state index contributed by atoms with van der Waals surface area (Å²) in [5, 5.41) is 6.18. The largest absolute Gasteiger partial charge is 0.411 e. The standard InChI is InChI=1S/C23H27F3N4O2.HI/c1-27-22(28-13-17-8-10-18(11-9-17)15-32-16-23(24,25)26)29-14-21(31)30-12-4-6-19-5-2-3-7-20(19)30;/h2-3,5,7-11H,4,6,12-16H2,1H3,(H2,27,28,29);1H. The van der Waals surface area contributed by atoms with E-state index in [0.717, 1.165) is 24.1 Å². The van der Waals surface area contributed by atoms with Gasteiger partial charge in [-0.25, -0.2) is 0 Å². The summed E-state index contributed by atoms with van der Waals surface area (Å²) < 4.78 is 41.1. The summed E-state index contributed by atoms with van der Waals surface area (Å²) in [5.74, 6) is 0.463. The lowest BCUT2D eigenvalue weighted by molar-refractivity contribution is -0.176. The Kier molecular flexibility index (Phi) is 10.4. The van der Waals surface area contributed by atoms with E-state index in [1.165, 1.54) is 5.56 Å². The molecule has 0 aliphatic carbocycles. The number of fused-ring (bicyclic) bond motifs is 1. The second-order valence-electron chi connectivity index (χ2n) is 7.48. The van der Waals surface area contributed by atoms with Crippen molar-refractivity contribution in [3.8, 4) is 0 Å². The van der Waals surface area contributed by atoms with Gasteiger partial charge in [-0.15, -0.1) is 24.0 Å². The van der Waals surface area contributed by atoms with Gasteiger partial charge in [0.2, 0.25) is 5.91 Å². The summed E-state index contributed by atoms with van der Waals surface area (Å²) in [7, 11) is 1.62. The molecule has 33 heavy (non-hydrogen) atoms. The van der Waals surface area contributed by atoms with Crippen molar-refractivity contribution in [3.63, 3.8) is 0 Å². The van der Waals surface area contributed by atoms with Crippen LogP contribution in [0.3, 0.4) is 0 Å². The van der Waals surface area contributed by atoms with E-state index < -0.39 is 12.8 Å². The number of hydrogen-bond acceptors (Lipinski definition) is 3. The van der Waals surface area contributed by atoms with Crippen LogP contribution in [0.4, 0.5) is 18.9 Å². The summed E-state index contributed by atoms with van der Waals surface area (Å²) >= 11 is 0. The number of alkyl halides is 3. The third-order valence-corrected chi connectivity index (χ3v) is 5.06. The molecule has 0 aromatic heterocycles. The predicted molar refractivity (Wildman–Crippen MR) is 133 cm³/mol. The Balaban J connectivity index is 0.00000385. The molecule has 1 heterocycles. The first-order valence-corrected chi connectivity index (χ1v) is 10.4. The molecule has 0 bridgehead atoms. The molecule has 0 radical (unpaired) electrons. The normalized spacial score (nSPS) is 13.7. The average Bonchev–Trinajstić information content (AvgIpc) is 2.78. The number of para-hydroxylation sites is 1. The minimum atomic E-state index is -4.33. The number of halogens is 4. The second kappa shape index (κ2) is 12.8. The molecule has 0 unspecified atom stereocenters. The molecular formula is C23H28F3IN4O2. The first-order valence-electron chi connectivity index (χ1n) is 10.4. The number of anilines is 1. The number of guanidine groups is 1. The smallest absolute Gasteiger partial charge is 0.367 e. The number of aryl methyl sites for hydroxylation is 1. The van der Waals surface area contributed by atoms with E-state index >= 15 is 0 Å². The lowest BCUT2D eigenvalue weighted by Gasteiger charge is -2.29. The van der Waals surface area contributed by atoms with Crippen LogP contribution in [0.1, 0.15) is 23.1 Å². The Morgan fingerprint density at radius 2 is 1.79 bits per heavy atom. The van der Waals surface area contributed by atoms with E-state index in [4.69, 9.17) is 0 Å². The highest BCUT2D eigenvalue weighted by molar-refractivity contribution is 14.0. The molecule has 0 spiro atoms. The van der Waals surface area contributed by atoms with Crippen molar-refractivity contribution in [2.45, 2.75) is 32.2 Å². The SMILES string of the molecule is CN=C(NCC(=O)N1CCCc2ccccc21)NCc1ccc(COCC(F)(F)F)cc1.I. The van der Waals surface area contributed by atoms with Crippen LogP contribution in [0.15, 0.2) is 53.5 Å². The monoisotopic (exact) mass is 576 g/mol. The van der Waals surface area contributed by atoms with Crippen molar-refractivity contribution in [1.82, 2.24) is 10.6 Å². The van der Waals surface area contributed by atoms with Gasteiger partial charge in [-0.3, -0.25) is 9.79 Å². The number of nitrogens with zero attached hydrogens (tertiary/aromatic N) is 2. The second-order valence-corrected chi connectivity index (χ2v) is 7.48. The minimum absolute atomic E-state index is 0. The minimum Gasteiger partial charge on any atom is -0.367 e. The molecule has 180 valence electrons.